The second kappa shape index (κ2) is 7.33. The Labute approximate surface area is 156 Å². The largest absolute Gasteiger partial charge is 0.272 e. The van der Waals surface area contributed by atoms with E-state index in [0.29, 0.717) is 11.3 Å². The molecule has 0 saturated carbocycles. The van der Waals surface area contributed by atoms with Crippen LogP contribution in [0.3, 0.4) is 0 Å². The van der Waals surface area contributed by atoms with Gasteiger partial charge in [-0.2, -0.15) is 5.10 Å². The summed E-state index contributed by atoms with van der Waals surface area (Å²) < 4.78 is 0. The van der Waals surface area contributed by atoms with Crippen LogP contribution in [-0.4, -0.2) is 22.1 Å². The Morgan fingerprint density at radius 1 is 1.00 bits per heavy atom. The zero-order valence-corrected chi connectivity index (χ0v) is 14.9. The molecule has 0 aliphatic carbocycles. The Hall–Kier alpha value is -3.60. The fourth-order valence-electron chi connectivity index (χ4n) is 2.97. The van der Waals surface area contributed by atoms with Crippen LogP contribution in [0.15, 0.2) is 71.8 Å². The molecule has 4 aromatic rings. The number of nitrogens with zero attached hydrogens (tertiary/aromatic N) is 3. The molecule has 5 heteroatoms. The molecule has 0 aliphatic rings. The predicted molar refractivity (Wildman–Crippen MR) is 108 cm³/mol. The molecule has 27 heavy (non-hydrogen) atoms. The van der Waals surface area contributed by atoms with E-state index in [2.05, 4.69) is 20.5 Å². The SMILES string of the molecule is CCc1cc(C(=O)NN=Cc2ccc3ccccc3n2)c2ccccc2n1. The highest BCUT2D eigenvalue weighted by molar-refractivity contribution is 6.06. The maximum absolute atomic E-state index is 12.7. The smallest absolute Gasteiger partial charge is 0.267 e. The molecule has 1 amide bonds. The lowest BCUT2D eigenvalue weighted by Gasteiger charge is -2.07. The van der Waals surface area contributed by atoms with Gasteiger partial charge in [-0.3, -0.25) is 9.78 Å². The van der Waals surface area contributed by atoms with Gasteiger partial charge in [0.05, 0.1) is 28.5 Å². The molecule has 2 heterocycles. The van der Waals surface area contributed by atoms with Crippen LogP contribution < -0.4 is 5.43 Å². The minimum Gasteiger partial charge on any atom is -0.267 e. The van der Waals surface area contributed by atoms with Crippen LogP contribution >= 0.6 is 0 Å². The van der Waals surface area contributed by atoms with E-state index in [1.165, 1.54) is 0 Å². The maximum Gasteiger partial charge on any atom is 0.272 e. The van der Waals surface area contributed by atoms with E-state index in [-0.39, 0.29) is 5.91 Å². The highest BCUT2D eigenvalue weighted by atomic mass is 16.2. The Kier molecular flexibility index (Phi) is 4.58. The fraction of sp³-hybridized carbons (Fsp3) is 0.0909. The molecule has 4 rings (SSSR count). The number of nitrogens with one attached hydrogen (secondary N) is 1. The number of carbonyl (C=O) groups excluding carboxylic acids is 1. The summed E-state index contributed by atoms with van der Waals surface area (Å²) in [6.45, 7) is 2.02. The van der Waals surface area contributed by atoms with E-state index in [1.54, 1.807) is 6.21 Å². The van der Waals surface area contributed by atoms with E-state index in [1.807, 2.05) is 73.7 Å². The van der Waals surface area contributed by atoms with Gasteiger partial charge in [0.15, 0.2) is 0 Å². The van der Waals surface area contributed by atoms with Crippen LogP contribution in [0.25, 0.3) is 21.8 Å². The summed E-state index contributed by atoms with van der Waals surface area (Å²) in [5, 5.41) is 5.95. The van der Waals surface area contributed by atoms with Gasteiger partial charge in [-0.25, -0.2) is 10.4 Å². The molecule has 0 saturated heterocycles. The number of hydrazone groups is 1. The van der Waals surface area contributed by atoms with Crippen molar-refractivity contribution in [2.75, 3.05) is 0 Å². The zero-order chi connectivity index (χ0) is 18.6. The van der Waals surface area contributed by atoms with Crippen molar-refractivity contribution in [3.63, 3.8) is 0 Å². The molecular formula is C22H18N4O. The maximum atomic E-state index is 12.7. The van der Waals surface area contributed by atoms with Crippen molar-refractivity contribution in [3.8, 4) is 0 Å². The van der Waals surface area contributed by atoms with Gasteiger partial charge >= 0.3 is 0 Å². The highest BCUT2D eigenvalue weighted by Gasteiger charge is 2.11. The molecule has 0 unspecified atom stereocenters. The summed E-state index contributed by atoms with van der Waals surface area (Å²) in [5.74, 6) is -0.264. The second-order valence-electron chi connectivity index (χ2n) is 6.16. The lowest BCUT2D eigenvalue weighted by molar-refractivity contribution is 0.0956. The second-order valence-corrected chi connectivity index (χ2v) is 6.16. The quantitative estimate of drug-likeness (QED) is 0.443. The van der Waals surface area contributed by atoms with Gasteiger partial charge in [-0.15, -0.1) is 0 Å². The number of pyridine rings is 2. The van der Waals surface area contributed by atoms with Gasteiger partial charge in [0.2, 0.25) is 0 Å². The third-order valence-corrected chi connectivity index (χ3v) is 4.36. The number of hydrogen-bond acceptors (Lipinski definition) is 4. The summed E-state index contributed by atoms with van der Waals surface area (Å²) >= 11 is 0. The number of amides is 1. The summed E-state index contributed by atoms with van der Waals surface area (Å²) in [7, 11) is 0. The number of aromatic nitrogens is 2. The van der Waals surface area contributed by atoms with Crippen molar-refractivity contribution in [1.29, 1.82) is 0 Å². The minimum atomic E-state index is -0.264. The van der Waals surface area contributed by atoms with Crippen LogP contribution in [-0.2, 0) is 6.42 Å². The summed E-state index contributed by atoms with van der Waals surface area (Å²) in [6.07, 6.45) is 2.31. The first-order valence-corrected chi connectivity index (χ1v) is 8.82. The first kappa shape index (κ1) is 16.8. The minimum absolute atomic E-state index is 0.264. The molecule has 1 N–H and O–H groups in total. The third kappa shape index (κ3) is 3.53. The first-order valence-electron chi connectivity index (χ1n) is 8.82. The van der Waals surface area contributed by atoms with Crippen molar-refractivity contribution < 1.29 is 4.79 Å². The van der Waals surface area contributed by atoms with Crippen molar-refractivity contribution in [3.05, 3.63) is 83.7 Å². The van der Waals surface area contributed by atoms with E-state index >= 15 is 0 Å². The Bertz CT molecular complexity index is 1170. The Morgan fingerprint density at radius 3 is 2.63 bits per heavy atom. The van der Waals surface area contributed by atoms with Crippen molar-refractivity contribution in [2.45, 2.75) is 13.3 Å². The molecular weight excluding hydrogens is 336 g/mol. The normalized spacial score (nSPS) is 11.3. The van der Waals surface area contributed by atoms with Gasteiger partial charge in [0, 0.05) is 16.5 Å². The van der Waals surface area contributed by atoms with E-state index in [9.17, 15) is 4.79 Å². The number of hydrogen-bond donors (Lipinski definition) is 1. The van der Waals surface area contributed by atoms with Gasteiger partial charge in [0.1, 0.15) is 0 Å². The molecule has 0 radical (unpaired) electrons. The molecule has 0 fully saturated rings. The van der Waals surface area contributed by atoms with E-state index in [0.717, 1.165) is 33.9 Å². The summed E-state index contributed by atoms with van der Waals surface area (Å²) in [4.78, 5) is 21.7. The third-order valence-electron chi connectivity index (χ3n) is 4.36. The van der Waals surface area contributed by atoms with Gasteiger partial charge < -0.3 is 0 Å². The van der Waals surface area contributed by atoms with Crippen LogP contribution in [0.2, 0.25) is 0 Å². The Morgan fingerprint density at radius 2 is 1.78 bits per heavy atom. The van der Waals surface area contributed by atoms with E-state index < -0.39 is 0 Å². The first-order chi connectivity index (χ1) is 13.2. The molecule has 0 atom stereocenters. The molecule has 2 aromatic heterocycles. The number of benzene rings is 2. The summed E-state index contributed by atoms with van der Waals surface area (Å²) in [5.41, 5.74) is 6.43. The lowest BCUT2D eigenvalue weighted by atomic mass is 10.1. The molecule has 5 nitrogen and oxygen atoms in total. The van der Waals surface area contributed by atoms with Crippen LogP contribution in [0, 0.1) is 0 Å². The Balaban J connectivity index is 1.58. The number of aryl methyl sites for hydroxylation is 1. The van der Waals surface area contributed by atoms with Gasteiger partial charge in [-0.1, -0.05) is 49.4 Å². The van der Waals surface area contributed by atoms with Crippen molar-refractivity contribution in [2.24, 2.45) is 5.10 Å². The average Bonchev–Trinajstić information content (AvgIpc) is 2.72. The molecule has 0 bridgehead atoms. The molecule has 0 aliphatic heterocycles. The van der Waals surface area contributed by atoms with Crippen molar-refractivity contribution in [1.82, 2.24) is 15.4 Å². The number of carbonyl (C=O) groups is 1. The highest BCUT2D eigenvalue weighted by Crippen LogP contribution is 2.18. The lowest BCUT2D eigenvalue weighted by Crippen LogP contribution is -2.18. The standard InChI is InChI=1S/C22H18N4O/c1-2-16-13-19(18-8-4-6-10-21(18)24-16)22(27)26-23-14-17-12-11-15-7-3-5-9-20(15)25-17/h3-14H,2H2,1H3,(H,26,27). The topological polar surface area (TPSA) is 67.2 Å². The monoisotopic (exact) mass is 354 g/mol. The summed E-state index contributed by atoms with van der Waals surface area (Å²) in [6, 6.07) is 21.2. The van der Waals surface area contributed by atoms with E-state index in [4.69, 9.17) is 0 Å². The average molecular weight is 354 g/mol. The van der Waals surface area contributed by atoms with Crippen LogP contribution in [0.5, 0.6) is 0 Å². The number of para-hydroxylation sites is 2. The van der Waals surface area contributed by atoms with Crippen LogP contribution in [0.4, 0.5) is 0 Å². The molecule has 132 valence electrons. The number of fused-ring (bicyclic) bond motifs is 2. The fourth-order valence-corrected chi connectivity index (χ4v) is 2.97. The zero-order valence-electron chi connectivity index (χ0n) is 14.9. The predicted octanol–water partition coefficient (Wildman–Crippen LogP) is 4.11. The van der Waals surface area contributed by atoms with Crippen molar-refractivity contribution >= 4 is 33.9 Å². The van der Waals surface area contributed by atoms with Crippen LogP contribution in [0.1, 0.15) is 28.7 Å². The number of rotatable bonds is 4. The molecule has 0 spiro atoms. The van der Waals surface area contributed by atoms with Gasteiger partial charge in [0.25, 0.3) is 5.91 Å². The molecule has 2 aromatic carbocycles. The van der Waals surface area contributed by atoms with Gasteiger partial charge in [-0.05, 0) is 30.7 Å².